The van der Waals surface area contributed by atoms with Crippen molar-refractivity contribution >= 4 is 47.8 Å². The minimum atomic E-state index is -4.74. The van der Waals surface area contributed by atoms with E-state index < -0.39 is 70.0 Å². The molecule has 3 aromatic rings. The molecule has 1 N–H and O–H groups in total. The van der Waals surface area contributed by atoms with Gasteiger partial charge in [-0.05, 0) is 162 Å². The summed E-state index contributed by atoms with van der Waals surface area (Å²) in [6.07, 6.45) is 1.19. The maximum Gasteiger partial charge on any atom is 0.417 e. The molecule has 1 atom stereocenters. The Kier molecular flexibility index (Phi) is 26.0. The average Bonchev–Trinajstić information content (AvgIpc) is 1.29. The predicted molar refractivity (Wildman–Crippen MR) is 342 cm³/mol. The number of nitrogens with zero attached hydrogens (tertiary/aromatic N) is 6. The van der Waals surface area contributed by atoms with Crippen molar-refractivity contribution in [3.05, 3.63) is 88.5 Å². The van der Waals surface area contributed by atoms with Crippen LogP contribution < -0.4 is 10.1 Å². The molecule has 3 aromatic carbocycles. The minimum Gasteiger partial charge on any atom is -0.491 e. The molecule has 3 saturated heterocycles. The van der Waals surface area contributed by atoms with Crippen LogP contribution in [0.5, 0.6) is 5.75 Å². The fourth-order valence-electron chi connectivity index (χ4n) is 11.3. The van der Waals surface area contributed by atoms with Crippen LogP contribution in [0.1, 0.15) is 143 Å². The van der Waals surface area contributed by atoms with Crippen molar-refractivity contribution in [2.45, 2.75) is 163 Å². The quantitative estimate of drug-likeness (QED) is 0.0518. The van der Waals surface area contributed by atoms with Crippen LogP contribution in [0.4, 0.5) is 13.2 Å². The van der Waals surface area contributed by atoms with Crippen LogP contribution in [0.25, 0.3) is 23.3 Å². The molecule has 3 fully saturated rings. The van der Waals surface area contributed by atoms with E-state index in [-0.39, 0.29) is 74.6 Å². The summed E-state index contributed by atoms with van der Waals surface area (Å²) in [6, 6.07) is 17.3. The van der Waals surface area contributed by atoms with E-state index >= 15 is 13.2 Å². The molecule has 3 aliphatic rings. The first-order valence-electron chi connectivity index (χ1n) is 31.9. The largest absolute Gasteiger partial charge is 0.491 e. The minimum absolute atomic E-state index is 0.00442. The zero-order chi connectivity index (χ0) is 66.2. The Morgan fingerprint density at radius 1 is 0.556 bits per heavy atom. The molecule has 3 heterocycles. The second kappa shape index (κ2) is 32.3. The molecular formula is C69H100F3N7O11. The van der Waals surface area contributed by atoms with E-state index in [0.29, 0.717) is 91.3 Å². The van der Waals surface area contributed by atoms with Crippen LogP contribution in [0.2, 0.25) is 0 Å². The molecule has 2 amide bonds. The molecule has 0 bridgehead atoms. The molecule has 0 saturated carbocycles. The van der Waals surface area contributed by atoms with Crippen LogP contribution in [0.15, 0.2) is 60.7 Å². The Bertz CT molecular complexity index is 2880. The lowest BCUT2D eigenvalue weighted by atomic mass is 9.95. The third-order valence-electron chi connectivity index (χ3n) is 15.6. The van der Waals surface area contributed by atoms with Crippen molar-refractivity contribution in [1.29, 1.82) is 0 Å². The third-order valence-corrected chi connectivity index (χ3v) is 15.6. The first-order valence-corrected chi connectivity index (χ1v) is 31.9. The summed E-state index contributed by atoms with van der Waals surface area (Å²) in [5.74, 6) is -2.21. The van der Waals surface area contributed by atoms with Gasteiger partial charge < -0.3 is 33.9 Å². The van der Waals surface area contributed by atoms with E-state index in [1.165, 1.54) is 12.1 Å². The van der Waals surface area contributed by atoms with Gasteiger partial charge in [0.05, 0.1) is 38.3 Å². The Hall–Kier alpha value is -6.39. The fourth-order valence-corrected chi connectivity index (χ4v) is 11.3. The number of likely N-dealkylation sites (tertiary alicyclic amines) is 2. The highest BCUT2D eigenvalue weighted by Gasteiger charge is 2.37. The lowest BCUT2D eigenvalue weighted by Crippen LogP contribution is -2.51. The molecule has 90 heavy (non-hydrogen) atoms. The van der Waals surface area contributed by atoms with Crippen molar-refractivity contribution in [3.63, 3.8) is 0 Å². The summed E-state index contributed by atoms with van der Waals surface area (Å²) >= 11 is 0. The molecule has 18 nitrogen and oxygen atoms in total. The molecule has 0 unspecified atom stereocenters. The lowest BCUT2D eigenvalue weighted by Gasteiger charge is -2.36. The van der Waals surface area contributed by atoms with Gasteiger partial charge in [-0.15, -0.1) is 0 Å². The number of ether oxygens (including phenoxy) is 5. The van der Waals surface area contributed by atoms with E-state index in [4.69, 9.17) is 23.7 Å². The van der Waals surface area contributed by atoms with Crippen LogP contribution >= 0.6 is 0 Å². The monoisotopic (exact) mass is 1260 g/mol. The van der Waals surface area contributed by atoms with Crippen LogP contribution in [-0.4, -0.2) is 205 Å². The summed E-state index contributed by atoms with van der Waals surface area (Å²) < 4.78 is 74.9. The number of hydrogen-bond donors (Lipinski definition) is 1. The highest BCUT2D eigenvalue weighted by molar-refractivity contribution is 5.82. The number of benzene rings is 3. The second-order valence-corrected chi connectivity index (χ2v) is 27.9. The van der Waals surface area contributed by atoms with E-state index in [1.807, 2.05) is 101 Å². The highest BCUT2D eigenvalue weighted by Crippen LogP contribution is 2.39. The molecule has 3 aliphatic heterocycles. The van der Waals surface area contributed by atoms with E-state index in [9.17, 15) is 28.8 Å². The normalized spacial score (nSPS) is 18.3. The highest BCUT2D eigenvalue weighted by atomic mass is 19.4. The van der Waals surface area contributed by atoms with Gasteiger partial charge in [-0.3, -0.25) is 53.3 Å². The number of piperidine rings is 2. The Balaban J connectivity index is 1.14. The number of halogens is 3. The van der Waals surface area contributed by atoms with Crippen molar-refractivity contribution in [2.75, 3.05) is 111 Å². The third kappa shape index (κ3) is 24.7. The first kappa shape index (κ1) is 72.7. The maximum absolute atomic E-state index is 15.2. The molecule has 0 spiro atoms. The summed E-state index contributed by atoms with van der Waals surface area (Å²) in [5, 5.41) is 2.97. The van der Waals surface area contributed by atoms with Gasteiger partial charge in [0.1, 0.15) is 40.8 Å². The number of amides is 2. The van der Waals surface area contributed by atoms with Gasteiger partial charge in [0.15, 0.2) is 0 Å². The van der Waals surface area contributed by atoms with Crippen molar-refractivity contribution in [3.8, 4) is 16.9 Å². The topological polar surface area (TPSA) is 180 Å². The average molecular weight is 1260 g/mol. The number of alkyl halides is 3. The van der Waals surface area contributed by atoms with Gasteiger partial charge in [-0.25, -0.2) is 0 Å². The van der Waals surface area contributed by atoms with Crippen LogP contribution in [0.3, 0.4) is 0 Å². The fraction of sp³-hybridized carbons (Fsp3) is 0.623. The molecule has 6 rings (SSSR count). The Morgan fingerprint density at radius 2 is 1.04 bits per heavy atom. The van der Waals surface area contributed by atoms with Crippen molar-refractivity contribution in [2.24, 2.45) is 5.92 Å². The summed E-state index contributed by atoms with van der Waals surface area (Å²) in [4.78, 5) is 92.8. The molecule has 0 aliphatic carbocycles. The van der Waals surface area contributed by atoms with Gasteiger partial charge in [0.25, 0.3) is 0 Å². The number of nitrogens with one attached hydrogen (secondary N) is 1. The smallest absolute Gasteiger partial charge is 0.417 e. The predicted octanol–water partition coefficient (Wildman–Crippen LogP) is 9.53. The van der Waals surface area contributed by atoms with Crippen molar-refractivity contribution < 1.29 is 65.6 Å². The molecule has 498 valence electrons. The molecule has 0 aromatic heterocycles. The van der Waals surface area contributed by atoms with Crippen molar-refractivity contribution in [1.82, 2.24) is 34.7 Å². The first-order chi connectivity index (χ1) is 42.1. The summed E-state index contributed by atoms with van der Waals surface area (Å²) in [5.41, 5.74) is 0.00589. The number of carbonyl (C=O) groups is 6. The van der Waals surface area contributed by atoms with Gasteiger partial charge >= 0.3 is 30.1 Å². The van der Waals surface area contributed by atoms with E-state index in [1.54, 1.807) is 73.3 Å². The zero-order valence-electron chi connectivity index (χ0n) is 55.7. The van der Waals surface area contributed by atoms with Gasteiger partial charge in [0, 0.05) is 83.5 Å². The summed E-state index contributed by atoms with van der Waals surface area (Å²) in [6.45, 7) is 27.8. The van der Waals surface area contributed by atoms with Crippen LogP contribution in [0, 0.1) is 12.8 Å². The molecule has 0 radical (unpaired) electrons. The number of carbonyl (C=O) groups excluding carboxylic acids is 6. The molecular weight excluding hydrogens is 1160 g/mol. The second-order valence-electron chi connectivity index (χ2n) is 27.9. The molecule has 21 heteroatoms. The van der Waals surface area contributed by atoms with Gasteiger partial charge in [-0.2, -0.15) is 13.2 Å². The maximum atomic E-state index is 15.2. The summed E-state index contributed by atoms with van der Waals surface area (Å²) in [7, 11) is 0. The Labute approximate surface area is 532 Å². The number of hydrogen-bond acceptors (Lipinski definition) is 16. The Morgan fingerprint density at radius 3 is 1.53 bits per heavy atom. The van der Waals surface area contributed by atoms with E-state index in [0.717, 1.165) is 41.2 Å². The standard InChI is InChI=1S/C69H100F3N7O11/c1-49-50(22-19-23-55(49)51-20-15-14-16-21-51)25-26-53-43-58(54(42-56(53)69(70,71)72)44-79-30-18-17-24-57(79)64(85)90-68(11,12)13)86-41-29-73-63(84)52-27-31-78(32-28-52)59(80)45-74-33-35-75(46-60(81)87-65(2,3)4)37-39-77(48-62(83)89-67(8,9)10)40-38-76(36-34-74)47-61(82)88-66(5,6)7/h14-16,19-23,25-26,42-43,52,57H,17-18,24,27-41,44-48H2,1-13H3,(H,73,84)/b26-25+/t57-/m0/s1. The SMILES string of the molecule is Cc1c(/C=C/c2cc(OCCNC(=O)C3CCN(C(=O)CN4CCN(CC(=O)OC(C)(C)C)CCN(CC(=O)OC(C)(C)C)CCN(CC(=O)OC(C)(C)C)CC4)CC3)c(CN3CCCC[C@H]3C(=O)OC(C)(C)C)cc2C(F)(F)F)cccc1-c1ccccc1. The number of rotatable bonds is 19. The lowest BCUT2D eigenvalue weighted by molar-refractivity contribution is -0.163. The zero-order valence-corrected chi connectivity index (χ0v) is 55.7. The van der Waals surface area contributed by atoms with E-state index in [2.05, 4.69) is 5.32 Å². The van der Waals surface area contributed by atoms with Gasteiger partial charge in [0.2, 0.25) is 11.8 Å². The van der Waals surface area contributed by atoms with Crippen LogP contribution in [-0.2, 0) is 60.4 Å². The number of esters is 4. The van der Waals surface area contributed by atoms with Gasteiger partial charge in [-0.1, -0.05) is 67.1 Å².